The second kappa shape index (κ2) is 2.44. The van der Waals surface area contributed by atoms with E-state index in [1.165, 1.54) is 0 Å². The smallest absolute Gasteiger partial charge is 0 e. The Bertz CT molecular complexity index is 2910. The molecule has 0 fully saturated rings. The SMILES string of the molecule is c12c3c4c5c6c7c8c9c%10c%11c%12c%13c%14c%15c(c1c1c%15c%15c%14c%12c9c7c%15c6c41)c1c2c2c3c5c8c%10c2c%11c%131. The highest BCUT2D eigenvalue weighted by atomic mass is 14.5. The summed E-state index contributed by atoms with van der Waals surface area (Å²) in [6, 6.07) is 0. The minimum atomic E-state index is 1.67. The van der Waals surface area contributed by atoms with Crippen LogP contribution in [0.25, 0.3) is 194 Å². The molecule has 144 valence electrons. The molecule has 0 saturated heterocycles. The summed E-state index contributed by atoms with van der Waals surface area (Å²) < 4.78 is 0. The number of fused-ring (bicyclic) bond motifs is 6. The van der Waals surface area contributed by atoms with Crippen molar-refractivity contribution < 1.29 is 0 Å². The Kier molecular flexibility index (Phi) is 0.803. The van der Waals surface area contributed by atoms with Gasteiger partial charge in [0.25, 0.3) is 0 Å². The van der Waals surface area contributed by atoms with E-state index in [0.29, 0.717) is 0 Å². The average molecular weight is 432 g/mol. The second-order valence-electron chi connectivity index (χ2n) is 13.5. The number of hydrogen-bond acceptors (Lipinski definition) is 0. The van der Waals surface area contributed by atoms with Crippen LogP contribution in [0.3, 0.4) is 0 Å². The van der Waals surface area contributed by atoms with Crippen LogP contribution in [0.4, 0.5) is 0 Å². The van der Waals surface area contributed by atoms with Crippen molar-refractivity contribution >= 4 is 194 Å². The van der Waals surface area contributed by atoms with Crippen LogP contribution < -0.4 is 0 Å². The molecule has 36 heavy (non-hydrogen) atoms. The number of hydrogen-bond donors (Lipinski definition) is 0. The third-order valence-electron chi connectivity index (χ3n) is 13.5. The fraction of sp³-hybridized carbons (Fsp3) is 0. The molecule has 0 N–H and O–H groups in total. The monoisotopic (exact) mass is 432 g/mol. The van der Waals surface area contributed by atoms with E-state index in [1.807, 2.05) is 0 Å². The van der Waals surface area contributed by atoms with E-state index in [9.17, 15) is 0 Å². The Hall–Kier alpha value is -4.68. The maximum absolute atomic E-state index is 1.67. The molecule has 0 spiro atoms. The molecule has 0 saturated carbocycles. The summed E-state index contributed by atoms with van der Waals surface area (Å²) in [6.07, 6.45) is 0. The summed E-state index contributed by atoms with van der Waals surface area (Å²) in [5.74, 6) is 0. The molecular weight excluding hydrogens is 432 g/mol. The fourth-order valence-electron chi connectivity index (χ4n) is 13.5. The van der Waals surface area contributed by atoms with Gasteiger partial charge in [-0.1, -0.05) is 0 Å². The Morgan fingerprint density at radius 3 is 0.111 bits per heavy atom. The first-order valence-electron chi connectivity index (χ1n) is 13.5. The molecule has 19 aromatic carbocycles. The van der Waals surface area contributed by atoms with Gasteiger partial charge in [-0.05, 0) is 0 Å². The van der Waals surface area contributed by atoms with Crippen molar-refractivity contribution in [2.75, 3.05) is 0 Å². The predicted molar refractivity (Wildman–Crippen MR) is 156 cm³/mol. The van der Waals surface area contributed by atoms with Gasteiger partial charge in [0.05, 0.1) is 0 Å². The molecule has 0 nitrogen and oxygen atoms in total. The van der Waals surface area contributed by atoms with E-state index in [4.69, 9.17) is 0 Å². The molecule has 0 unspecified atom stereocenters. The first kappa shape index (κ1) is 11.8. The molecule has 0 aliphatic rings. The molecule has 0 aromatic heterocycles. The molecule has 0 radical (unpaired) electrons. The molecule has 19 rings (SSSR count). The van der Waals surface area contributed by atoms with Gasteiger partial charge in [0.1, 0.15) is 0 Å². The van der Waals surface area contributed by atoms with E-state index in [0.717, 1.165) is 0 Å². The summed E-state index contributed by atoms with van der Waals surface area (Å²) in [7, 11) is 0. The third-order valence-corrected chi connectivity index (χ3v) is 13.5. The van der Waals surface area contributed by atoms with Crippen LogP contribution in [-0.4, -0.2) is 0 Å². The third kappa shape index (κ3) is 0.527. The van der Waals surface area contributed by atoms with Crippen LogP contribution >= 0.6 is 0 Å². The summed E-state index contributed by atoms with van der Waals surface area (Å²) in [5.41, 5.74) is 0. The van der Waals surface area contributed by atoms with Crippen LogP contribution in [0.15, 0.2) is 0 Å². The zero-order chi connectivity index (χ0) is 20.8. The van der Waals surface area contributed by atoms with E-state index in [-0.39, 0.29) is 0 Å². The molecule has 0 atom stereocenters. The van der Waals surface area contributed by atoms with Crippen LogP contribution in [0.2, 0.25) is 0 Å². The lowest BCUT2D eigenvalue weighted by Gasteiger charge is -2.11. The van der Waals surface area contributed by atoms with Crippen molar-refractivity contribution in [1.82, 2.24) is 0 Å². The Labute approximate surface area is 193 Å². The van der Waals surface area contributed by atoms with Crippen LogP contribution in [-0.2, 0) is 0 Å². The van der Waals surface area contributed by atoms with Gasteiger partial charge in [0, 0.05) is 194 Å². The minimum Gasteiger partial charge on any atom is 0 e. The number of benzene rings is 8. The molecule has 0 amide bonds. The van der Waals surface area contributed by atoms with Crippen molar-refractivity contribution in [2.24, 2.45) is 0 Å². The van der Waals surface area contributed by atoms with Crippen molar-refractivity contribution in [1.29, 1.82) is 0 Å². The van der Waals surface area contributed by atoms with E-state index in [1.54, 1.807) is 194 Å². The fourth-order valence-corrected chi connectivity index (χ4v) is 13.5. The molecule has 0 heteroatoms. The van der Waals surface area contributed by atoms with Gasteiger partial charge in [-0.3, -0.25) is 0 Å². The standard InChI is InChI=1S/C36/c1-9-10-2-19-21-4-13-12-3(26(4)25(1)2)18-17(1)30-11-5-20(29(9)30)22-7-15(33(19)31(10)22)16-8-24(35(13)36(16)21)23-6(27(5)28(7)8)14(11)32(18)34(12)23. The molecule has 0 heterocycles. The van der Waals surface area contributed by atoms with E-state index in [2.05, 4.69) is 0 Å². The van der Waals surface area contributed by atoms with Crippen LogP contribution in [0.1, 0.15) is 0 Å². The average Bonchev–Trinajstić information content (AvgIpc) is 3.71. The zero-order valence-corrected chi connectivity index (χ0v) is 18.0. The topological polar surface area (TPSA) is 0 Å². The molecule has 0 aliphatic heterocycles. The first-order chi connectivity index (χ1) is 18.0. The van der Waals surface area contributed by atoms with Crippen LogP contribution in [0.5, 0.6) is 0 Å². The van der Waals surface area contributed by atoms with Gasteiger partial charge in [0.2, 0.25) is 0 Å². The number of rotatable bonds is 0. The quantitative estimate of drug-likeness (QED) is 0.209. The molecule has 19 aromatic rings. The van der Waals surface area contributed by atoms with Crippen molar-refractivity contribution in [3.8, 4) is 0 Å². The van der Waals surface area contributed by atoms with Gasteiger partial charge in [-0.2, -0.15) is 0 Å². The highest BCUT2D eigenvalue weighted by Crippen LogP contribution is 2.78. The van der Waals surface area contributed by atoms with E-state index >= 15 is 0 Å². The van der Waals surface area contributed by atoms with Crippen molar-refractivity contribution in [3.63, 3.8) is 0 Å². The lowest BCUT2D eigenvalue weighted by molar-refractivity contribution is 2.24. The molecular formula is C36. The molecule has 0 bridgehead atoms. The summed E-state index contributed by atoms with van der Waals surface area (Å²) >= 11 is 0. The Morgan fingerprint density at radius 2 is 0.0833 bits per heavy atom. The van der Waals surface area contributed by atoms with Gasteiger partial charge in [-0.25, -0.2) is 0 Å². The zero-order valence-electron chi connectivity index (χ0n) is 18.0. The Balaban J connectivity index is 1.72. The second-order valence-corrected chi connectivity index (χ2v) is 13.5. The van der Waals surface area contributed by atoms with Gasteiger partial charge in [-0.15, -0.1) is 0 Å². The van der Waals surface area contributed by atoms with Crippen molar-refractivity contribution in [2.45, 2.75) is 0 Å². The first-order valence-corrected chi connectivity index (χ1v) is 13.5. The minimum absolute atomic E-state index is 1.67. The summed E-state index contributed by atoms with van der Waals surface area (Å²) in [6.45, 7) is 0. The predicted octanol–water partition coefficient (Wildman–Crippen LogP) is 10.6. The van der Waals surface area contributed by atoms with Gasteiger partial charge < -0.3 is 0 Å². The lowest BCUT2D eigenvalue weighted by Crippen LogP contribution is -1.81. The summed E-state index contributed by atoms with van der Waals surface area (Å²) in [4.78, 5) is 0. The van der Waals surface area contributed by atoms with Gasteiger partial charge in [0.15, 0.2) is 0 Å². The largest absolute Gasteiger partial charge is 0 e. The van der Waals surface area contributed by atoms with E-state index < -0.39 is 0 Å². The Morgan fingerprint density at radius 1 is 0.0556 bits per heavy atom. The summed E-state index contributed by atoms with van der Waals surface area (Å²) in [5, 5.41) is 60.0. The normalized spacial score (nSPS) is 18.0. The highest BCUT2D eigenvalue weighted by molar-refractivity contribution is 6.83. The highest BCUT2D eigenvalue weighted by Gasteiger charge is 2.48. The van der Waals surface area contributed by atoms with Gasteiger partial charge >= 0.3 is 0 Å². The molecule has 0 aliphatic carbocycles. The van der Waals surface area contributed by atoms with Crippen LogP contribution in [0, 0.1) is 0 Å². The maximum atomic E-state index is 1.67. The maximum Gasteiger partial charge on any atom is 0 e. The van der Waals surface area contributed by atoms with Crippen molar-refractivity contribution in [3.05, 3.63) is 0 Å². The lowest BCUT2D eigenvalue weighted by atomic mass is 9.90.